The van der Waals surface area contributed by atoms with Crippen LogP contribution in [0.15, 0.2) is 34.0 Å². The average molecular weight is 460 g/mol. The number of imidazole rings is 1. The third-order valence-electron chi connectivity index (χ3n) is 6.27. The van der Waals surface area contributed by atoms with Gasteiger partial charge in [-0.25, -0.2) is 13.2 Å². The molecule has 2 aromatic rings. The summed E-state index contributed by atoms with van der Waals surface area (Å²) in [5.74, 6) is -0.443. The van der Waals surface area contributed by atoms with Gasteiger partial charge in [0.1, 0.15) is 0 Å². The number of benzene rings is 1. The van der Waals surface area contributed by atoms with E-state index in [4.69, 9.17) is 5.26 Å². The van der Waals surface area contributed by atoms with Gasteiger partial charge in [-0.15, -0.1) is 0 Å². The van der Waals surface area contributed by atoms with Crippen LogP contribution in [-0.2, 0) is 21.1 Å². The molecule has 32 heavy (non-hydrogen) atoms. The fourth-order valence-electron chi connectivity index (χ4n) is 4.65. The number of hydrogen-bond acceptors (Lipinski definition) is 7. The van der Waals surface area contributed by atoms with Gasteiger partial charge in [-0.05, 0) is 50.1 Å². The summed E-state index contributed by atoms with van der Waals surface area (Å²) in [6.07, 6.45) is 2.31. The Labute approximate surface area is 185 Å². The van der Waals surface area contributed by atoms with Crippen LogP contribution < -0.4 is 5.69 Å². The highest BCUT2D eigenvalue weighted by Crippen LogP contribution is 2.31. The largest absolute Gasteiger partial charge is 0.493 e. The third-order valence-corrected chi connectivity index (χ3v) is 8.08. The van der Waals surface area contributed by atoms with Crippen LogP contribution in [0.5, 0.6) is 5.88 Å². The molecule has 0 aliphatic carbocycles. The predicted molar refractivity (Wildman–Crippen MR) is 115 cm³/mol. The molecule has 2 saturated heterocycles. The normalized spacial score (nSPS) is 20.9. The lowest BCUT2D eigenvalue weighted by Crippen LogP contribution is -2.55. The van der Waals surface area contributed by atoms with Gasteiger partial charge in [-0.3, -0.25) is 14.7 Å². The topological polar surface area (TPSA) is 150 Å². The van der Waals surface area contributed by atoms with Crippen LogP contribution in [0.2, 0.25) is 0 Å². The highest BCUT2D eigenvalue weighted by molar-refractivity contribution is 7.91. The number of likely N-dealkylation sites (tertiary alicyclic amines) is 1. The zero-order chi connectivity index (χ0) is 22.9. The van der Waals surface area contributed by atoms with Crippen molar-refractivity contribution in [2.75, 3.05) is 25.4 Å². The van der Waals surface area contributed by atoms with Crippen LogP contribution in [0.3, 0.4) is 0 Å². The van der Waals surface area contributed by atoms with Crippen molar-refractivity contribution in [1.29, 1.82) is 5.26 Å². The molecular formula is C21H25N5O5S. The number of sulfone groups is 1. The summed E-state index contributed by atoms with van der Waals surface area (Å²) >= 11 is 0. The van der Waals surface area contributed by atoms with E-state index in [2.05, 4.69) is 14.9 Å². The minimum absolute atomic E-state index is 0.0254. The Morgan fingerprint density at radius 2 is 1.81 bits per heavy atom. The Morgan fingerprint density at radius 3 is 2.38 bits per heavy atom. The van der Waals surface area contributed by atoms with Crippen molar-refractivity contribution in [3.63, 3.8) is 0 Å². The zero-order valence-electron chi connectivity index (χ0n) is 17.5. The molecule has 3 heterocycles. The molecule has 3 N–H and O–H groups in total. The summed E-state index contributed by atoms with van der Waals surface area (Å²) in [7, 11) is -3.42. The number of hydrogen-bond donors (Lipinski definition) is 3. The van der Waals surface area contributed by atoms with E-state index in [0.29, 0.717) is 31.6 Å². The number of nitrogens with one attached hydrogen (secondary N) is 2. The van der Waals surface area contributed by atoms with Crippen LogP contribution in [0.4, 0.5) is 0 Å². The SMILES string of the molecule is N#Cc1ccc(S(=O)(=O)CCCN2C3CCC2CN(C(=O)Cc2[nH]c(=O)[nH]c2O)C3)cc1. The Hall–Kier alpha value is -3.10. The Morgan fingerprint density at radius 1 is 1.16 bits per heavy atom. The smallest absolute Gasteiger partial charge is 0.325 e. The summed E-state index contributed by atoms with van der Waals surface area (Å²) in [6, 6.07) is 8.28. The number of amides is 1. The molecule has 4 rings (SSSR count). The molecule has 2 aliphatic heterocycles. The Kier molecular flexibility index (Phi) is 6.08. The van der Waals surface area contributed by atoms with E-state index >= 15 is 0 Å². The molecule has 11 heteroatoms. The van der Waals surface area contributed by atoms with Crippen molar-refractivity contribution < 1.29 is 18.3 Å². The van der Waals surface area contributed by atoms with Gasteiger partial charge in [0.2, 0.25) is 11.8 Å². The second kappa shape index (κ2) is 8.80. The summed E-state index contributed by atoms with van der Waals surface area (Å²) in [5, 5.41) is 18.5. The van der Waals surface area contributed by atoms with Crippen LogP contribution in [0.1, 0.15) is 30.5 Å². The maximum Gasteiger partial charge on any atom is 0.325 e. The second-order valence-electron chi connectivity index (χ2n) is 8.31. The maximum absolute atomic E-state index is 12.7. The van der Waals surface area contributed by atoms with Gasteiger partial charge < -0.3 is 15.0 Å². The van der Waals surface area contributed by atoms with Gasteiger partial charge >= 0.3 is 5.69 Å². The molecule has 1 aromatic heterocycles. The van der Waals surface area contributed by atoms with Gasteiger partial charge in [-0.1, -0.05) is 0 Å². The van der Waals surface area contributed by atoms with Crippen molar-refractivity contribution in [1.82, 2.24) is 19.8 Å². The molecule has 1 amide bonds. The quantitative estimate of drug-likeness (QED) is 0.541. The molecule has 2 unspecified atom stereocenters. The maximum atomic E-state index is 12.7. The van der Waals surface area contributed by atoms with Crippen LogP contribution >= 0.6 is 0 Å². The van der Waals surface area contributed by atoms with Crippen molar-refractivity contribution >= 4 is 15.7 Å². The summed E-state index contributed by atoms with van der Waals surface area (Å²) < 4.78 is 25.2. The molecule has 1 aromatic carbocycles. The average Bonchev–Trinajstić information content (AvgIpc) is 3.19. The van der Waals surface area contributed by atoms with E-state index in [1.807, 2.05) is 6.07 Å². The number of piperazine rings is 1. The number of aromatic amines is 2. The van der Waals surface area contributed by atoms with Gasteiger partial charge in [0.25, 0.3) is 0 Å². The van der Waals surface area contributed by atoms with E-state index in [1.54, 1.807) is 4.90 Å². The first-order chi connectivity index (χ1) is 15.3. The predicted octanol–water partition coefficient (Wildman–Crippen LogP) is 0.362. The molecule has 2 atom stereocenters. The molecule has 0 radical (unpaired) electrons. The Balaban J connectivity index is 1.31. The van der Waals surface area contributed by atoms with E-state index in [9.17, 15) is 23.1 Å². The minimum atomic E-state index is -3.42. The van der Waals surface area contributed by atoms with E-state index in [-0.39, 0.29) is 46.6 Å². The van der Waals surface area contributed by atoms with E-state index in [1.165, 1.54) is 24.3 Å². The molecule has 2 bridgehead atoms. The van der Waals surface area contributed by atoms with Crippen molar-refractivity contribution in [2.24, 2.45) is 0 Å². The molecule has 0 saturated carbocycles. The van der Waals surface area contributed by atoms with Crippen molar-refractivity contribution in [3.8, 4) is 11.9 Å². The molecule has 10 nitrogen and oxygen atoms in total. The standard InChI is InChI=1S/C21H25N5O5S/c22-11-14-2-6-17(7-3-14)32(30,31)9-1-8-26-15-4-5-16(26)13-25(12-15)19(27)10-18-20(28)24-21(29)23-18/h2-3,6-7,15-16,28H,1,4-5,8-10,12-13H2,(H2,23,24,29). The molecule has 170 valence electrons. The number of rotatable bonds is 7. The molecular weight excluding hydrogens is 434 g/mol. The molecule has 2 fully saturated rings. The first kappa shape index (κ1) is 22.1. The van der Waals surface area contributed by atoms with Gasteiger partial charge in [0.15, 0.2) is 9.84 Å². The van der Waals surface area contributed by atoms with Gasteiger partial charge in [0.05, 0.1) is 34.4 Å². The van der Waals surface area contributed by atoms with Gasteiger partial charge in [-0.2, -0.15) is 5.26 Å². The summed E-state index contributed by atoms with van der Waals surface area (Å²) in [4.78, 5) is 32.8. The minimum Gasteiger partial charge on any atom is -0.493 e. The number of carbonyl (C=O) groups excluding carboxylic acids is 1. The lowest BCUT2D eigenvalue weighted by Gasteiger charge is -2.41. The number of nitrogens with zero attached hydrogens (tertiary/aromatic N) is 3. The number of H-pyrrole nitrogens is 2. The number of carbonyl (C=O) groups is 1. The monoisotopic (exact) mass is 459 g/mol. The molecule has 0 spiro atoms. The van der Waals surface area contributed by atoms with Crippen LogP contribution in [0, 0.1) is 11.3 Å². The number of nitriles is 1. The molecule has 2 aliphatic rings. The fraction of sp³-hybridized carbons (Fsp3) is 0.476. The van der Waals surface area contributed by atoms with Crippen LogP contribution in [-0.4, -0.2) is 76.7 Å². The number of aromatic nitrogens is 2. The summed E-state index contributed by atoms with van der Waals surface area (Å²) in [6.45, 7) is 1.74. The van der Waals surface area contributed by atoms with Crippen molar-refractivity contribution in [3.05, 3.63) is 46.0 Å². The van der Waals surface area contributed by atoms with Gasteiger partial charge in [0, 0.05) is 25.2 Å². The van der Waals surface area contributed by atoms with E-state index in [0.717, 1.165) is 12.8 Å². The first-order valence-corrected chi connectivity index (χ1v) is 12.2. The third kappa shape index (κ3) is 4.56. The van der Waals surface area contributed by atoms with Crippen molar-refractivity contribution in [2.45, 2.75) is 42.7 Å². The zero-order valence-corrected chi connectivity index (χ0v) is 18.3. The Bertz CT molecular complexity index is 1180. The first-order valence-electron chi connectivity index (χ1n) is 10.5. The summed E-state index contributed by atoms with van der Waals surface area (Å²) in [5.41, 5.74) is 0.0555. The van der Waals surface area contributed by atoms with Crippen LogP contribution in [0.25, 0.3) is 0 Å². The second-order valence-corrected chi connectivity index (χ2v) is 10.4. The van der Waals surface area contributed by atoms with E-state index < -0.39 is 15.5 Å². The highest BCUT2D eigenvalue weighted by atomic mass is 32.2. The number of aromatic hydroxyl groups is 1. The lowest BCUT2D eigenvalue weighted by molar-refractivity contribution is -0.134. The number of fused-ring (bicyclic) bond motifs is 2. The highest BCUT2D eigenvalue weighted by Gasteiger charge is 2.41. The lowest BCUT2D eigenvalue weighted by atomic mass is 10.1. The fourth-order valence-corrected chi connectivity index (χ4v) is 5.95.